The lowest BCUT2D eigenvalue weighted by molar-refractivity contribution is 0.247. The van der Waals surface area contributed by atoms with Crippen LogP contribution in [0.3, 0.4) is 0 Å². The number of piperazine rings is 1. The Bertz CT molecular complexity index is 420. The molecule has 1 atom stereocenters. The van der Waals surface area contributed by atoms with Crippen LogP contribution in [0.5, 0.6) is 0 Å². The van der Waals surface area contributed by atoms with Gasteiger partial charge in [-0.1, -0.05) is 11.6 Å². The third-order valence-electron chi connectivity index (χ3n) is 4.81. The van der Waals surface area contributed by atoms with E-state index in [0.29, 0.717) is 0 Å². The van der Waals surface area contributed by atoms with Gasteiger partial charge in [-0.15, -0.1) is 0 Å². The first-order chi connectivity index (χ1) is 10.3. The van der Waals surface area contributed by atoms with Gasteiger partial charge in [0.2, 0.25) is 0 Å². The highest BCUT2D eigenvalue weighted by Crippen LogP contribution is 2.20. The summed E-state index contributed by atoms with van der Waals surface area (Å²) in [4.78, 5) is 5.09. The van der Waals surface area contributed by atoms with Crippen molar-refractivity contribution in [3.05, 3.63) is 29.3 Å². The maximum absolute atomic E-state index is 5.95. The molecule has 0 bridgehead atoms. The maximum atomic E-state index is 5.95. The van der Waals surface area contributed by atoms with Crippen LogP contribution >= 0.6 is 11.6 Å². The van der Waals surface area contributed by atoms with Crippen molar-refractivity contribution in [2.45, 2.75) is 19.3 Å². The minimum Gasteiger partial charge on any atom is -0.369 e. The van der Waals surface area contributed by atoms with E-state index in [4.69, 9.17) is 11.6 Å². The number of anilines is 1. The predicted octanol–water partition coefficient (Wildman–Crippen LogP) is 2.85. The van der Waals surface area contributed by atoms with E-state index in [9.17, 15) is 0 Å². The molecule has 1 N–H and O–H groups in total. The summed E-state index contributed by atoms with van der Waals surface area (Å²) >= 11 is 5.95. The van der Waals surface area contributed by atoms with Crippen molar-refractivity contribution in [1.29, 1.82) is 0 Å². The van der Waals surface area contributed by atoms with Gasteiger partial charge in [-0.05, 0) is 69.1 Å². The molecule has 2 saturated heterocycles. The smallest absolute Gasteiger partial charge is 0.0407 e. The molecular formula is C17H26ClN3. The Kier molecular flexibility index (Phi) is 5.39. The minimum atomic E-state index is 0.818. The van der Waals surface area contributed by atoms with Gasteiger partial charge >= 0.3 is 0 Å². The topological polar surface area (TPSA) is 18.5 Å². The molecule has 0 aromatic heterocycles. The Hall–Kier alpha value is -0.770. The molecule has 3 nitrogen and oxygen atoms in total. The quantitative estimate of drug-likeness (QED) is 0.902. The SMILES string of the molecule is Clc1ccc(N2CCN(CCCC3CCNC3)CC2)cc1. The van der Waals surface area contributed by atoms with E-state index in [2.05, 4.69) is 27.2 Å². The third kappa shape index (κ3) is 4.35. The van der Waals surface area contributed by atoms with E-state index < -0.39 is 0 Å². The minimum absolute atomic E-state index is 0.818. The van der Waals surface area contributed by atoms with Gasteiger partial charge in [-0.25, -0.2) is 0 Å². The highest BCUT2D eigenvalue weighted by molar-refractivity contribution is 6.30. The number of hydrogen-bond acceptors (Lipinski definition) is 3. The van der Waals surface area contributed by atoms with Crippen molar-refractivity contribution in [3.8, 4) is 0 Å². The second-order valence-corrected chi connectivity index (χ2v) is 6.74. The van der Waals surface area contributed by atoms with E-state index in [1.807, 2.05) is 12.1 Å². The summed E-state index contributed by atoms with van der Waals surface area (Å²) < 4.78 is 0. The molecule has 0 spiro atoms. The Morgan fingerprint density at radius 3 is 2.52 bits per heavy atom. The molecule has 21 heavy (non-hydrogen) atoms. The van der Waals surface area contributed by atoms with Crippen LogP contribution in [0.4, 0.5) is 5.69 Å². The normalized spacial score (nSPS) is 23.7. The van der Waals surface area contributed by atoms with Crippen molar-refractivity contribution in [1.82, 2.24) is 10.2 Å². The molecule has 1 aromatic carbocycles. The van der Waals surface area contributed by atoms with Gasteiger partial charge in [0.1, 0.15) is 0 Å². The standard InChI is InChI=1S/C17H26ClN3/c18-16-3-5-17(6-4-16)21-12-10-20(11-13-21)9-1-2-15-7-8-19-14-15/h3-6,15,19H,1-2,7-14H2. The fourth-order valence-electron chi connectivity index (χ4n) is 3.45. The van der Waals surface area contributed by atoms with Crippen LogP contribution in [-0.2, 0) is 0 Å². The molecule has 2 aliphatic heterocycles. The van der Waals surface area contributed by atoms with Crippen LogP contribution in [0, 0.1) is 5.92 Å². The molecule has 2 heterocycles. The Morgan fingerprint density at radius 1 is 1.10 bits per heavy atom. The van der Waals surface area contributed by atoms with Crippen LogP contribution in [0.25, 0.3) is 0 Å². The molecule has 0 saturated carbocycles. The molecular weight excluding hydrogens is 282 g/mol. The van der Waals surface area contributed by atoms with E-state index in [1.54, 1.807) is 0 Å². The summed E-state index contributed by atoms with van der Waals surface area (Å²) in [7, 11) is 0. The Labute approximate surface area is 133 Å². The Morgan fingerprint density at radius 2 is 1.86 bits per heavy atom. The first kappa shape index (κ1) is 15.1. The highest BCUT2D eigenvalue weighted by Gasteiger charge is 2.18. The monoisotopic (exact) mass is 307 g/mol. The van der Waals surface area contributed by atoms with Gasteiger partial charge in [-0.2, -0.15) is 0 Å². The van der Waals surface area contributed by atoms with E-state index in [1.165, 1.54) is 57.7 Å². The number of halogens is 1. The predicted molar refractivity (Wildman–Crippen MR) is 90.3 cm³/mol. The van der Waals surface area contributed by atoms with Crippen molar-refractivity contribution in [2.24, 2.45) is 5.92 Å². The molecule has 1 unspecified atom stereocenters. The van der Waals surface area contributed by atoms with Gasteiger partial charge in [-0.3, -0.25) is 4.90 Å². The molecule has 0 aliphatic carbocycles. The zero-order valence-electron chi connectivity index (χ0n) is 12.7. The van der Waals surface area contributed by atoms with Crippen LogP contribution in [-0.4, -0.2) is 50.7 Å². The summed E-state index contributed by atoms with van der Waals surface area (Å²) in [5.74, 6) is 0.931. The second kappa shape index (κ2) is 7.48. The summed E-state index contributed by atoms with van der Waals surface area (Å²) in [6.45, 7) is 8.37. The fourth-order valence-corrected chi connectivity index (χ4v) is 3.57. The summed E-state index contributed by atoms with van der Waals surface area (Å²) in [5.41, 5.74) is 1.30. The van der Waals surface area contributed by atoms with Crippen LogP contribution < -0.4 is 10.2 Å². The van der Waals surface area contributed by atoms with Crippen LogP contribution in [0.15, 0.2) is 24.3 Å². The summed E-state index contributed by atoms with van der Waals surface area (Å²) in [5, 5.41) is 4.28. The van der Waals surface area contributed by atoms with Crippen LogP contribution in [0.2, 0.25) is 5.02 Å². The molecule has 0 amide bonds. The van der Waals surface area contributed by atoms with Crippen molar-refractivity contribution in [3.63, 3.8) is 0 Å². The van der Waals surface area contributed by atoms with Gasteiger partial charge in [0.05, 0.1) is 0 Å². The number of benzene rings is 1. The zero-order valence-corrected chi connectivity index (χ0v) is 13.5. The second-order valence-electron chi connectivity index (χ2n) is 6.31. The molecule has 2 fully saturated rings. The number of nitrogens with zero attached hydrogens (tertiary/aromatic N) is 2. The summed E-state index contributed by atoms with van der Waals surface area (Å²) in [6, 6.07) is 8.23. The molecule has 3 rings (SSSR count). The van der Waals surface area contributed by atoms with Crippen molar-refractivity contribution < 1.29 is 0 Å². The maximum Gasteiger partial charge on any atom is 0.0407 e. The lowest BCUT2D eigenvalue weighted by Gasteiger charge is -2.36. The van der Waals surface area contributed by atoms with Gasteiger partial charge in [0.25, 0.3) is 0 Å². The van der Waals surface area contributed by atoms with E-state index in [0.717, 1.165) is 24.0 Å². The molecule has 4 heteroatoms. The third-order valence-corrected chi connectivity index (χ3v) is 5.07. The van der Waals surface area contributed by atoms with Gasteiger partial charge in [0, 0.05) is 36.9 Å². The van der Waals surface area contributed by atoms with Gasteiger partial charge < -0.3 is 10.2 Å². The van der Waals surface area contributed by atoms with E-state index in [-0.39, 0.29) is 0 Å². The molecule has 116 valence electrons. The number of nitrogens with one attached hydrogen (secondary N) is 1. The van der Waals surface area contributed by atoms with Gasteiger partial charge in [0.15, 0.2) is 0 Å². The van der Waals surface area contributed by atoms with Crippen LogP contribution in [0.1, 0.15) is 19.3 Å². The summed E-state index contributed by atoms with van der Waals surface area (Å²) in [6.07, 6.45) is 4.13. The average molecular weight is 308 g/mol. The largest absolute Gasteiger partial charge is 0.369 e. The highest BCUT2D eigenvalue weighted by atomic mass is 35.5. The molecule has 0 radical (unpaired) electrons. The first-order valence-electron chi connectivity index (χ1n) is 8.25. The molecule has 2 aliphatic rings. The van der Waals surface area contributed by atoms with E-state index >= 15 is 0 Å². The average Bonchev–Trinajstić information content (AvgIpc) is 3.02. The molecule has 1 aromatic rings. The number of hydrogen-bond donors (Lipinski definition) is 1. The lowest BCUT2D eigenvalue weighted by Crippen LogP contribution is -2.46. The Balaban J connectivity index is 1.37. The van der Waals surface area contributed by atoms with Crippen molar-refractivity contribution in [2.75, 3.05) is 50.7 Å². The lowest BCUT2D eigenvalue weighted by atomic mass is 10.0. The first-order valence-corrected chi connectivity index (χ1v) is 8.62. The fraction of sp³-hybridized carbons (Fsp3) is 0.647. The zero-order chi connectivity index (χ0) is 14.5. The van der Waals surface area contributed by atoms with Crippen molar-refractivity contribution >= 4 is 17.3 Å². The number of rotatable bonds is 5.